The molecule has 0 saturated heterocycles. The van der Waals surface area contributed by atoms with Gasteiger partial charge >= 0.3 is 0 Å². The van der Waals surface area contributed by atoms with Gasteiger partial charge < -0.3 is 14.6 Å². The van der Waals surface area contributed by atoms with Gasteiger partial charge in [0.05, 0.1) is 28.0 Å². The molecule has 0 aliphatic carbocycles. The molecular formula is C26H25ClF2N3O2P. The topological polar surface area (TPSA) is 64.1 Å². The van der Waals surface area contributed by atoms with E-state index in [-0.39, 0.29) is 12.2 Å². The monoisotopic (exact) mass is 515 g/mol. The summed E-state index contributed by atoms with van der Waals surface area (Å²) in [5.41, 5.74) is 2.81. The first kappa shape index (κ1) is 25.1. The Hall–Kier alpha value is -3.02. The molecule has 0 saturated carbocycles. The maximum Gasteiger partial charge on any atom is 0.213 e. The Kier molecular flexibility index (Phi) is 7.11. The number of rotatable bonds is 7. The number of hydrogen-bond donors (Lipinski definition) is 1. The average molecular weight is 516 g/mol. The third-order valence-corrected chi connectivity index (χ3v) is 6.70. The molecule has 0 spiro atoms. The van der Waals surface area contributed by atoms with Crippen molar-refractivity contribution in [3.63, 3.8) is 0 Å². The molecule has 9 heteroatoms. The predicted molar refractivity (Wildman–Crippen MR) is 138 cm³/mol. The zero-order chi connectivity index (χ0) is 25.3. The van der Waals surface area contributed by atoms with Gasteiger partial charge in [-0.1, -0.05) is 29.8 Å². The van der Waals surface area contributed by atoms with Crippen molar-refractivity contribution in [1.82, 2.24) is 9.97 Å². The molecule has 1 atom stereocenters. The summed E-state index contributed by atoms with van der Waals surface area (Å²) in [6, 6.07) is 12.4. The molecule has 182 valence electrons. The number of nitrogens with one attached hydrogen (secondary N) is 1. The number of benzene rings is 2. The van der Waals surface area contributed by atoms with Crippen LogP contribution in [-0.2, 0) is 4.57 Å². The van der Waals surface area contributed by atoms with E-state index in [1.54, 1.807) is 56.7 Å². The van der Waals surface area contributed by atoms with Gasteiger partial charge in [0, 0.05) is 40.4 Å². The quantitative estimate of drug-likeness (QED) is 0.256. The summed E-state index contributed by atoms with van der Waals surface area (Å²) in [5, 5.41) is 4.27. The molecule has 2 aromatic carbocycles. The molecule has 4 rings (SSSR count). The van der Waals surface area contributed by atoms with E-state index >= 15 is 4.39 Å². The lowest BCUT2D eigenvalue weighted by Crippen LogP contribution is -2.10. The average Bonchev–Trinajstić information content (AvgIpc) is 2.80. The fourth-order valence-electron chi connectivity index (χ4n) is 3.71. The number of nitrogens with zero attached hydrogens (tertiary/aromatic N) is 2. The van der Waals surface area contributed by atoms with Crippen molar-refractivity contribution in [2.45, 2.75) is 19.9 Å². The molecule has 2 heterocycles. The minimum Gasteiger partial charge on any atom is -0.470 e. The van der Waals surface area contributed by atoms with Gasteiger partial charge in [0.15, 0.2) is 0 Å². The highest BCUT2D eigenvalue weighted by atomic mass is 35.5. The second-order valence-corrected chi connectivity index (χ2v) is 12.6. The van der Waals surface area contributed by atoms with E-state index in [2.05, 4.69) is 15.3 Å². The first-order valence-electron chi connectivity index (χ1n) is 11.0. The number of halogens is 3. The molecule has 0 fully saturated rings. The van der Waals surface area contributed by atoms with E-state index < -0.39 is 19.0 Å². The molecule has 0 bridgehead atoms. The van der Waals surface area contributed by atoms with Gasteiger partial charge in [0.1, 0.15) is 25.1 Å². The maximum absolute atomic E-state index is 15.1. The number of aromatic nitrogens is 2. The zero-order valence-electron chi connectivity index (χ0n) is 19.8. The number of fused-ring (bicyclic) bond motifs is 1. The second-order valence-electron chi connectivity index (χ2n) is 8.86. The number of pyridine rings is 2. The fourth-order valence-corrected chi connectivity index (χ4v) is 4.36. The standard InChI is InChI=1S/C26H25ClF2N3O2P/c1-15(18-7-5-6-8-21(18)28)32-26-20-11-19(22(29)12-23(20)31-16(2)25(26)27)17-9-10-24(30-13-17)34-14-35(3,4)33/h5-13,15H,14H2,1-4H3,(H,31,32). The van der Waals surface area contributed by atoms with E-state index in [1.807, 2.05) is 6.92 Å². The van der Waals surface area contributed by atoms with Crippen molar-refractivity contribution in [1.29, 1.82) is 0 Å². The summed E-state index contributed by atoms with van der Waals surface area (Å²) in [6.07, 6.45) is 1.57. The number of anilines is 1. The van der Waals surface area contributed by atoms with Crippen molar-refractivity contribution >= 4 is 35.3 Å². The van der Waals surface area contributed by atoms with Crippen LogP contribution in [0.4, 0.5) is 14.5 Å². The Morgan fingerprint density at radius 3 is 2.51 bits per heavy atom. The lowest BCUT2D eigenvalue weighted by atomic mass is 10.0. The van der Waals surface area contributed by atoms with E-state index in [0.29, 0.717) is 49.9 Å². The summed E-state index contributed by atoms with van der Waals surface area (Å²) in [5.74, 6) is -0.497. The summed E-state index contributed by atoms with van der Waals surface area (Å²) in [6.45, 7) is 6.83. The third-order valence-electron chi connectivity index (χ3n) is 5.48. The van der Waals surface area contributed by atoms with E-state index in [9.17, 15) is 8.96 Å². The molecule has 0 aliphatic heterocycles. The van der Waals surface area contributed by atoms with Gasteiger partial charge in [-0.2, -0.15) is 0 Å². The van der Waals surface area contributed by atoms with Crippen molar-refractivity contribution < 1.29 is 18.1 Å². The minimum absolute atomic E-state index is 0.0718. The largest absolute Gasteiger partial charge is 0.470 e. The molecular weight excluding hydrogens is 491 g/mol. The number of ether oxygens (including phenoxy) is 1. The second kappa shape index (κ2) is 9.92. The summed E-state index contributed by atoms with van der Waals surface area (Å²) in [7, 11) is -2.36. The number of hydrogen-bond acceptors (Lipinski definition) is 5. The smallest absolute Gasteiger partial charge is 0.213 e. The number of aryl methyl sites for hydroxylation is 1. The van der Waals surface area contributed by atoms with Crippen LogP contribution < -0.4 is 10.1 Å². The molecule has 0 aliphatic rings. The van der Waals surface area contributed by atoms with Crippen LogP contribution >= 0.6 is 18.7 Å². The highest BCUT2D eigenvalue weighted by Crippen LogP contribution is 2.39. The van der Waals surface area contributed by atoms with Crippen molar-refractivity contribution in [3.05, 3.63) is 82.6 Å². The van der Waals surface area contributed by atoms with Gasteiger partial charge in [-0.3, -0.25) is 4.98 Å². The van der Waals surface area contributed by atoms with Crippen LogP contribution in [-0.4, -0.2) is 29.6 Å². The van der Waals surface area contributed by atoms with Crippen molar-refractivity contribution in [2.75, 3.05) is 25.0 Å². The predicted octanol–water partition coefficient (Wildman–Crippen LogP) is 7.67. The van der Waals surface area contributed by atoms with Crippen LogP contribution in [0.5, 0.6) is 5.88 Å². The molecule has 4 aromatic rings. The van der Waals surface area contributed by atoms with Gasteiger partial charge in [-0.05, 0) is 45.4 Å². The molecule has 0 radical (unpaired) electrons. The van der Waals surface area contributed by atoms with Crippen LogP contribution in [0, 0.1) is 18.6 Å². The van der Waals surface area contributed by atoms with Crippen LogP contribution in [0.1, 0.15) is 24.2 Å². The van der Waals surface area contributed by atoms with Crippen molar-refractivity contribution in [2.24, 2.45) is 0 Å². The summed E-state index contributed by atoms with van der Waals surface area (Å²) >= 11 is 6.61. The molecule has 1 N–H and O–H groups in total. The van der Waals surface area contributed by atoms with Crippen molar-refractivity contribution in [3.8, 4) is 17.0 Å². The normalized spacial score (nSPS) is 12.5. The Morgan fingerprint density at radius 2 is 1.86 bits per heavy atom. The molecule has 5 nitrogen and oxygen atoms in total. The minimum atomic E-state index is -2.36. The van der Waals surface area contributed by atoms with E-state index in [1.165, 1.54) is 18.3 Å². The Labute approximate surface area is 207 Å². The molecule has 1 unspecified atom stereocenters. The maximum atomic E-state index is 15.1. The Bertz CT molecular complexity index is 1440. The van der Waals surface area contributed by atoms with E-state index in [4.69, 9.17) is 16.3 Å². The summed E-state index contributed by atoms with van der Waals surface area (Å²) in [4.78, 5) is 8.66. The first-order chi connectivity index (χ1) is 16.5. The van der Waals surface area contributed by atoms with E-state index in [0.717, 1.165) is 0 Å². The molecule has 35 heavy (non-hydrogen) atoms. The zero-order valence-corrected chi connectivity index (χ0v) is 21.4. The highest BCUT2D eigenvalue weighted by Gasteiger charge is 2.19. The lowest BCUT2D eigenvalue weighted by molar-refractivity contribution is 0.363. The first-order valence-corrected chi connectivity index (χ1v) is 14.1. The Balaban J connectivity index is 1.74. The van der Waals surface area contributed by atoms with Gasteiger partial charge in [0.25, 0.3) is 0 Å². The van der Waals surface area contributed by atoms with Gasteiger partial charge in [-0.25, -0.2) is 13.8 Å². The fraction of sp³-hybridized carbons (Fsp3) is 0.231. The molecule has 2 aromatic heterocycles. The highest BCUT2D eigenvalue weighted by molar-refractivity contribution is 7.62. The van der Waals surface area contributed by atoms with Crippen LogP contribution in [0.3, 0.4) is 0 Å². The van der Waals surface area contributed by atoms with Gasteiger partial charge in [-0.15, -0.1) is 0 Å². The summed E-state index contributed by atoms with van der Waals surface area (Å²) < 4.78 is 46.8. The van der Waals surface area contributed by atoms with Gasteiger partial charge in [0.2, 0.25) is 5.88 Å². The molecule has 0 amide bonds. The van der Waals surface area contributed by atoms with Crippen LogP contribution in [0.15, 0.2) is 54.7 Å². The van der Waals surface area contributed by atoms with Crippen LogP contribution in [0.2, 0.25) is 5.02 Å². The SMILES string of the molecule is Cc1nc2cc(F)c(-c3ccc(OCP(C)(C)=O)nc3)cc2c(NC(C)c2ccccc2F)c1Cl. The third kappa shape index (κ3) is 5.63. The van der Waals surface area contributed by atoms with Crippen LogP contribution in [0.25, 0.3) is 22.0 Å². The lowest BCUT2D eigenvalue weighted by Gasteiger charge is -2.20. The Morgan fingerprint density at radius 1 is 1.11 bits per heavy atom.